The molecule has 3 rings (SSSR count). The molecule has 0 aliphatic heterocycles. The Bertz CT molecular complexity index is 1350. The molecule has 0 spiro atoms. The lowest BCUT2D eigenvalue weighted by atomic mass is 9.95. The maximum absolute atomic E-state index is 13.3. The van der Waals surface area contributed by atoms with E-state index in [2.05, 4.69) is 50.4 Å². The molecule has 0 heterocycles. The summed E-state index contributed by atoms with van der Waals surface area (Å²) in [7, 11) is -2.35. The van der Waals surface area contributed by atoms with Crippen molar-refractivity contribution in [1.82, 2.24) is 9.62 Å². The largest absolute Gasteiger partial charge is 0.481 e. The van der Waals surface area contributed by atoms with Gasteiger partial charge in [0.25, 0.3) is 0 Å². The molecule has 3 aromatic rings. The van der Waals surface area contributed by atoms with Gasteiger partial charge in [0.2, 0.25) is 10.0 Å². The van der Waals surface area contributed by atoms with Crippen LogP contribution < -0.4 is 5.32 Å². The number of aliphatic hydroxyl groups is 1. The van der Waals surface area contributed by atoms with Crippen LogP contribution in [0.3, 0.4) is 0 Å². The molecule has 1 atom stereocenters. The summed E-state index contributed by atoms with van der Waals surface area (Å²) < 4.78 is 27.7. The third-order valence-corrected chi connectivity index (χ3v) is 8.64. The first kappa shape index (κ1) is 30.5. The lowest BCUT2D eigenvalue weighted by molar-refractivity contribution is -0.136. The minimum absolute atomic E-state index is 0.0389. The van der Waals surface area contributed by atoms with Gasteiger partial charge >= 0.3 is 5.97 Å². The molecule has 0 aliphatic carbocycles. The Balaban J connectivity index is 1.55. The van der Waals surface area contributed by atoms with Gasteiger partial charge in [0.05, 0.1) is 17.4 Å². The lowest BCUT2D eigenvalue weighted by Gasteiger charge is -2.29. The summed E-state index contributed by atoms with van der Waals surface area (Å²) in [6.45, 7) is 6.52. The number of hydrogen-bond donors (Lipinski definition) is 3. The van der Waals surface area contributed by atoms with E-state index in [4.69, 9.17) is 5.11 Å². The smallest absolute Gasteiger partial charge is 0.307 e. The Kier molecular flexibility index (Phi) is 10.4. The number of nitrogens with zero attached hydrogens (tertiary/aromatic N) is 1. The zero-order valence-electron chi connectivity index (χ0n) is 23.2. The van der Waals surface area contributed by atoms with Crippen molar-refractivity contribution in [3.8, 4) is 11.1 Å². The van der Waals surface area contributed by atoms with Crippen LogP contribution in [0.4, 0.5) is 0 Å². The lowest BCUT2D eigenvalue weighted by Crippen LogP contribution is -2.46. The minimum Gasteiger partial charge on any atom is -0.481 e. The second-order valence-electron chi connectivity index (χ2n) is 10.8. The number of carbonyl (C=O) groups is 1. The van der Waals surface area contributed by atoms with Crippen LogP contribution in [-0.2, 0) is 27.7 Å². The van der Waals surface area contributed by atoms with Crippen molar-refractivity contribution in [2.75, 3.05) is 20.1 Å². The summed E-state index contributed by atoms with van der Waals surface area (Å²) in [5.74, 6) is -0.905. The van der Waals surface area contributed by atoms with Gasteiger partial charge in [-0.05, 0) is 74.4 Å². The zero-order valence-corrected chi connectivity index (χ0v) is 24.0. The van der Waals surface area contributed by atoms with E-state index in [1.54, 1.807) is 36.4 Å². The number of carboxylic acids is 1. The van der Waals surface area contributed by atoms with E-state index in [-0.39, 0.29) is 29.9 Å². The predicted molar refractivity (Wildman–Crippen MR) is 155 cm³/mol. The molecule has 1 unspecified atom stereocenters. The van der Waals surface area contributed by atoms with Crippen LogP contribution in [0.2, 0.25) is 0 Å². The van der Waals surface area contributed by atoms with E-state index in [0.717, 1.165) is 24.8 Å². The highest BCUT2D eigenvalue weighted by molar-refractivity contribution is 7.89. The number of hydrogen-bond acceptors (Lipinski definition) is 5. The van der Waals surface area contributed by atoms with E-state index in [0.29, 0.717) is 11.1 Å². The number of likely N-dealkylation sites (N-methyl/N-ethyl adjacent to an activating group) is 1. The fourth-order valence-corrected chi connectivity index (χ4v) is 5.80. The summed E-state index contributed by atoms with van der Waals surface area (Å²) in [5, 5.41) is 23.0. The Hall–Kier alpha value is -3.04. The van der Waals surface area contributed by atoms with E-state index in [1.165, 1.54) is 28.5 Å². The number of nitrogens with one attached hydrogen (secondary N) is 1. The molecular formula is C31H40N2O5S. The summed E-state index contributed by atoms with van der Waals surface area (Å²) in [4.78, 5) is 11.0. The number of aliphatic hydroxyl groups excluding tert-OH is 1. The number of sulfonamides is 1. The summed E-state index contributed by atoms with van der Waals surface area (Å²) in [5.41, 5.74) is 4.55. The molecule has 0 aliphatic rings. The van der Waals surface area contributed by atoms with E-state index in [9.17, 15) is 18.3 Å². The van der Waals surface area contributed by atoms with E-state index in [1.807, 2.05) is 6.07 Å². The van der Waals surface area contributed by atoms with Crippen LogP contribution in [0.5, 0.6) is 0 Å². The van der Waals surface area contributed by atoms with Crippen molar-refractivity contribution < 1.29 is 23.4 Å². The molecule has 0 radical (unpaired) electrons. The van der Waals surface area contributed by atoms with Gasteiger partial charge in [-0.2, -0.15) is 4.31 Å². The SMILES string of the molecule is Cc1cccc(CCCC(C)(C)NCC(O)CN(C)S(=O)(=O)c2cccc(-c3ccc(CC(=O)O)cc3)c2)c1. The topological polar surface area (TPSA) is 107 Å². The molecular weight excluding hydrogens is 512 g/mol. The molecule has 0 aromatic heterocycles. The number of aliphatic carboxylic acids is 1. The minimum atomic E-state index is -3.82. The molecule has 3 aromatic carbocycles. The van der Waals surface area contributed by atoms with Crippen molar-refractivity contribution in [3.05, 3.63) is 89.5 Å². The quantitative estimate of drug-likeness (QED) is 0.269. The normalized spacial score (nSPS) is 13.0. The Morgan fingerprint density at radius 1 is 0.974 bits per heavy atom. The molecule has 7 nitrogen and oxygen atoms in total. The van der Waals surface area contributed by atoms with Crippen molar-refractivity contribution >= 4 is 16.0 Å². The molecule has 0 saturated carbocycles. The molecule has 8 heteroatoms. The van der Waals surface area contributed by atoms with Crippen LogP contribution in [0.15, 0.2) is 77.7 Å². The zero-order chi connectivity index (χ0) is 28.6. The first-order valence-electron chi connectivity index (χ1n) is 13.2. The van der Waals surface area contributed by atoms with E-state index >= 15 is 0 Å². The number of carboxylic acid groups (broad SMARTS) is 1. The predicted octanol–water partition coefficient (Wildman–Crippen LogP) is 4.66. The fourth-order valence-electron chi connectivity index (χ4n) is 4.55. The van der Waals surface area contributed by atoms with Crippen LogP contribution in [0.25, 0.3) is 11.1 Å². The highest BCUT2D eigenvalue weighted by atomic mass is 32.2. The molecule has 210 valence electrons. The number of benzene rings is 3. The number of β-amino-alcohol motifs (C(OH)–C–C–N with tert-alkyl or cyclic N) is 1. The Morgan fingerprint density at radius 3 is 2.33 bits per heavy atom. The third kappa shape index (κ3) is 9.28. The summed E-state index contributed by atoms with van der Waals surface area (Å²) in [6, 6.07) is 22.2. The van der Waals surface area contributed by atoms with Crippen molar-refractivity contribution in [1.29, 1.82) is 0 Å². The summed E-state index contributed by atoms with van der Waals surface area (Å²) >= 11 is 0. The first-order chi connectivity index (χ1) is 18.4. The maximum atomic E-state index is 13.3. The van der Waals surface area contributed by atoms with Crippen LogP contribution >= 0.6 is 0 Å². The van der Waals surface area contributed by atoms with Crippen LogP contribution in [0, 0.1) is 6.92 Å². The van der Waals surface area contributed by atoms with Crippen molar-refractivity contribution in [2.45, 2.75) is 63.0 Å². The third-order valence-electron chi connectivity index (χ3n) is 6.82. The van der Waals surface area contributed by atoms with Crippen molar-refractivity contribution in [3.63, 3.8) is 0 Å². The molecule has 0 saturated heterocycles. The average molecular weight is 553 g/mol. The standard InChI is InChI=1S/C31H40N2O5S/c1-23-8-5-9-24(18-23)10-7-17-31(2,3)32-21-28(34)22-33(4)39(37,38)29-12-6-11-27(20-29)26-15-13-25(14-16-26)19-30(35)36/h5-6,8-9,11-16,18,20,28,32,34H,7,10,17,19,21-22H2,1-4H3,(H,35,36). The van der Waals surface area contributed by atoms with Gasteiger partial charge in [0, 0.05) is 25.7 Å². The number of rotatable bonds is 14. The van der Waals surface area contributed by atoms with Gasteiger partial charge in [-0.25, -0.2) is 8.42 Å². The second-order valence-corrected chi connectivity index (χ2v) is 12.9. The molecule has 3 N–H and O–H groups in total. The average Bonchev–Trinajstić information content (AvgIpc) is 2.88. The highest BCUT2D eigenvalue weighted by Gasteiger charge is 2.25. The van der Waals surface area contributed by atoms with Gasteiger partial charge in [0.1, 0.15) is 0 Å². The Labute approximate surface area is 232 Å². The van der Waals surface area contributed by atoms with Crippen LogP contribution in [-0.4, -0.2) is 60.7 Å². The molecule has 0 fully saturated rings. The van der Waals surface area contributed by atoms with Gasteiger partial charge < -0.3 is 15.5 Å². The van der Waals surface area contributed by atoms with Crippen LogP contribution in [0.1, 0.15) is 43.4 Å². The highest BCUT2D eigenvalue weighted by Crippen LogP contribution is 2.25. The summed E-state index contributed by atoms with van der Waals surface area (Å²) in [6.07, 6.45) is 1.98. The second kappa shape index (κ2) is 13.3. The molecule has 0 bridgehead atoms. The molecule has 39 heavy (non-hydrogen) atoms. The maximum Gasteiger partial charge on any atom is 0.307 e. The van der Waals surface area contributed by atoms with Crippen molar-refractivity contribution in [2.24, 2.45) is 0 Å². The number of aryl methyl sites for hydroxylation is 2. The monoisotopic (exact) mass is 552 g/mol. The Morgan fingerprint density at radius 2 is 1.67 bits per heavy atom. The first-order valence-corrected chi connectivity index (χ1v) is 14.7. The van der Waals surface area contributed by atoms with E-state index < -0.39 is 22.1 Å². The van der Waals surface area contributed by atoms with Gasteiger partial charge in [0.15, 0.2) is 0 Å². The van der Waals surface area contributed by atoms with Gasteiger partial charge in [-0.1, -0.05) is 66.2 Å². The van der Waals surface area contributed by atoms with Gasteiger partial charge in [-0.15, -0.1) is 0 Å². The van der Waals surface area contributed by atoms with Gasteiger partial charge in [-0.3, -0.25) is 4.79 Å². The fraction of sp³-hybridized carbons (Fsp3) is 0.387. The molecule has 0 amide bonds.